The Morgan fingerprint density at radius 1 is 1.03 bits per heavy atom. The zero-order chi connectivity index (χ0) is 22.0. The van der Waals surface area contributed by atoms with Gasteiger partial charge in [-0.2, -0.15) is 5.10 Å². The van der Waals surface area contributed by atoms with E-state index in [1.165, 1.54) is 6.42 Å². The Balaban J connectivity index is 1.71. The molecule has 1 saturated heterocycles. The third kappa shape index (κ3) is 4.85. The average Bonchev–Trinajstić information content (AvgIpc) is 3.14. The molecule has 0 bridgehead atoms. The van der Waals surface area contributed by atoms with Gasteiger partial charge in [-0.3, -0.25) is 15.2 Å². The molecular weight excluding hydrogens is 455 g/mol. The SMILES string of the molecule is CC[C@H]1C(C(=O)NN2CCCCC2)=NN(c2ccc(Cl)cc2Cl)[C@H]1c1ccc(Cl)cc1. The second kappa shape index (κ2) is 9.78. The van der Waals surface area contributed by atoms with E-state index in [-0.39, 0.29) is 17.9 Å². The van der Waals surface area contributed by atoms with E-state index in [4.69, 9.17) is 39.9 Å². The number of hydrazine groups is 1. The molecule has 1 fully saturated rings. The minimum atomic E-state index is -0.178. The number of carbonyl (C=O) groups excluding carboxylic acids is 1. The summed E-state index contributed by atoms with van der Waals surface area (Å²) in [5, 5.41) is 10.3. The fraction of sp³-hybridized carbons (Fsp3) is 0.391. The standard InChI is InChI=1S/C23H25Cl3N4O/c1-2-18-21(23(31)28-29-12-4-3-5-13-29)27-30(20-11-10-17(25)14-19(20)26)22(18)15-6-8-16(24)9-7-15/h6-11,14,18,22H,2-5,12-13H2,1H3,(H,28,31)/t18-,22-/m0/s1. The van der Waals surface area contributed by atoms with Crippen molar-refractivity contribution in [2.75, 3.05) is 18.1 Å². The summed E-state index contributed by atoms with van der Waals surface area (Å²) in [7, 11) is 0. The Hall–Kier alpha value is -1.79. The predicted molar refractivity (Wildman–Crippen MR) is 128 cm³/mol. The highest BCUT2D eigenvalue weighted by molar-refractivity contribution is 6.41. The van der Waals surface area contributed by atoms with Crippen molar-refractivity contribution < 1.29 is 4.79 Å². The van der Waals surface area contributed by atoms with Crippen LogP contribution in [0.15, 0.2) is 47.6 Å². The second-order valence-corrected chi connectivity index (χ2v) is 9.21. The average molecular weight is 480 g/mol. The lowest BCUT2D eigenvalue weighted by Crippen LogP contribution is -2.48. The van der Waals surface area contributed by atoms with Crippen LogP contribution in [0.2, 0.25) is 15.1 Å². The van der Waals surface area contributed by atoms with Crippen LogP contribution in [0.3, 0.4) is 0 Å². The van der Waals surface area contributed by atoms with Crippen molar-refractivity contribution in [1.82, 2.24) is 10.4 Å². The van der Waals surface area contributed by atoms with E-state index in [1.54, 1.807) is 12.1 Å². The normalized spacial score (nSPS) is 21.8. The summed E-state index contributed by atoms with van der Waals surface area (Å²) in [5.74, 6) is -0.252. The molecule has 4 rings (SSSR count). The lowest BCUT2D eigenvalue weighted by molar-refractivity contribution is -0.120. The van der Waals surface area contributed by atoms with Crippen LogP contribution in [0.1, 0.15) is 44.2 Å². The van der Waals surface area contributed by atoms with Crippen molar-refractivity contribution in [2.24, 2.45) is 11.0 Å². The maximum absolute atomic E-state index is 13.2. The minimum absolute atomic E-state index is 0.0993. The van der Waals surface area contributed by atoms with E-state index in [1.807, 2.05) is 40.3 Å². The number of rotatable bonds is 5. The fourth-order valence-corrected chi connectivity index (χ4v) is 4.93. The first-order valence-corrected chi connectivity index (χ1v) is 11.8. The van der Waals surface area contributed by atoms with Crippen molar-refractivity contribution >= 4 is 52.1 Å². The topological polar surface area (TPSA) is 47.9 Å². The third-order valence-corrected chi connectivity index (χ3v) is 6.66. The molecule has 0 spiro atoms. The number of anilines is 1. The second-order valence-electron chi connectivity index (χ2n) is 7.93. The Bertz CT molecular complexity index is 973. The van der Waals surface area contributed by atoms with Gasteiger partial charge < -0.3 is 0 Å². The van der Waals surface area contributed by atoms with E-state index < -0.39 is 0 Å². The number of hydrogen-bond acceptors (Lipinski definition) is 4. The first-order valence-electron chi connectivity index (χ1n) is 10.6. The Morgan fingerprint density at radius 2 is 1.71 bits per heavy atom. The molecule has 2 aliphatic heterocycles. The molecular formula is C23H25Cl3N4O. The zero-order valence-corrected chi connectivity index (χ0v) is 19.6. The van der Waals surface area contributed by atoms with Gasteiger partial charge in [-0.15, -0.1) is 0 Å². The summed E-state index contributed by atoms with van der Waals surface area (Å²) < 4.78 is 0. The largest absolute Gasteiger partial charge is 0.284 e. The number of carbonyl (C=O) groups is 1. The van der Waals surface area contributed by atoms with Crippen molar-refractivity contribution in [3.8, 4) is 0 Å². The van der Waals surface area contributed by atoms with E-state index >= 15 is 0 Å². The molecule has 31 heavy (non-hydrogen) atoms. The molecule has 5 nitrogen and oxygen atoms in total. The summed E-state index contributed by atoms with van der Waals surface area (Å²) in [6.45, 7) is 3.80. The summed E-state index contributed by atoms with van der Waals surface area (Å²) in [6.07, 6.45) is 4.13. The Labute approximate surface area is 197 Å². The molecule has 2 aliphatic rings. The van der Waals surface area contributed by atoms with Gasteiger partial charge in [0.25, 0.3) is 5.91 Å². The number of nitrogens with zero attached hydrogens (tertiary/aromatic N) is 3. The van der Waals surface area contributed by atoms with Gasteiger partial charge in [0.2, 0.25) is 0 Å². The monoisotopic (exact) mass is 478 g/mol. The molecule has 1 N–H and O–H groups in total. The molecule has 1 amide bonds. The van der Waals surface area contributed by atoms with Gasteiger partial charge >= 0.3 is 0 Å². The Morgan fingerprint density at radius 3 is 2.35 bits per heavy atom. The van der Waals surface area contributed by atoms with Crippen LogP contribution >= 0.6 is 34.8 Å². The molecule has 0 aliphatic carbocycles. The summed E-state index contributed by atoms with van der Waals surface area (Å²) in [5.41, 5.74) is 5.31. The fourth-order valence-electron chi connectivity index (χ4n) is 4.31. The molecule has 0 unspecified atom stereocenters. The van der Waals surface area contributed by atoms with Gasteiger partial charge in [0.05, 0.1) is 16.8 Å². The number of hydrogen-bond donors (Lipinski definition) is 1. The lowest BCUT2D eigenvalue weighted by Gasteiger charge is -2.29. The van der Waals surface area contributed by atoms with Crippen LogP contribution in [0.4, 0.5) is 5.69 Å². The lowest BCUT2D eigenvalue weighted by atomic mass is 9.87. The van der Waals surface area contributed by atoms with Crippen molar-refractivity contribution in [3.63, 3.8) is 0 Å². The van der Waals surface area contributed by atoms with Crippen LogP contribution in [0, 0.1) is 5.92 Å². The molecule has 8 heteroatoms. The molecule has 0 aromatic heterocycles. The third-order valence-electron chi connectivity index (χ3n) is 5.87. The van der Waals surface area contributed by atoms with Crippen molar-refractivity contribution in [1.29, 1.82) is 0 Å². The van der Waals surface area contributed by atoms with Crippen LogP contribution in [-0.2, 0) is 4.79 Å². The maximum Gasteiger partial charge on any atom is 0.282 e. The highest BCUT2D eigenvalue weighted by atomic mass is 35.5. The highest BCUT2D eigenvalue weighted by Gasteiger charge is 2.42. The summed E-state index contributed by atoms with van der Waals surface area (Å²) in [4.78, 5) is 13.2. The maximum atomic E-state index is 13.2. The van der Waals surface area contributed by atoms with E-state index in [9.17, 15) is 4.79 Å². The molecule has 2 aromatic rings. The molecule has 2 aromatic carbocycles. The van der Waals surface area contributed by atoms with Crippen LogP contribution in [-0.4, -0.2) is 29.7 Å². The number of hydrazone groups is 1. The first-order chi connectivity index (χ1) is 15.0. The summed E-state index contributed by atoms with van der Waals surface area (Å²) >= 11 is 18.8. The van der Waals surface area contributed by atoms with Gasteiger partial charge in [-0.25, -0.2) is 5.01 Å². The predicted octanol–water partition coefficient (Wildman–Crippen LogP) is 6.11. The van der Waals surface area contributed by atoms with E-state index in [0.29, 0.717) is 26.5 Å². The van der Waals surface area contributed by atoms with Gasteiger partial charge in [-0.05, 0) is 55.2 Å². The number of halogens is 3. The van der Waals surface area contributed by atoms with Gasteiger partial charge in [0.15, 0.2) is 0 Å². The molecule has 164 valence electrons. The van der Waals surface area contributed by atoms with E-state index in [0.717, 1.165) is 37.9 Å². The van der Waals surface area contributed by atoms with Gasteiger partial charge in [0, 0.05) is 29.1 Å². The molecule has 0 saturated carbocycles. The van der Waals surface area contributed by atoms with Crippen LogP contribution in [0.5, 0.6) is 0 Å². The van der Waals surface area contributed by atoms with Crippen LogP contribution < -0.4 is 10.4 Å². The van der Waals surface area contributed by atoms with Crippen molar-refractivity contribution in [2.45, 2.75) is 38.6 Å². The smallest absolute Gasteiger partial charge is 0.282 e. The number of amides is 1. The molecule has 0 radical (unpaired) electrons. The van der Waals surface area contributed by atoms with E-state index in [2.05, 4.69) is 12.3 Å². The van der Waals surface area contributed by atoms with Crippen molar-refractivity contribution in [3.05, 3.63) is 63.1 Å². The quantitative estimate of drug-likeness (QED) is 0.563. The molecule has 2 heterocycles. The number of nitrogens with one attached hydrogen (secondary N) is 1. The molecule has 2 atom stereocenters. The number of benzene rings is 2. The highest BCUT2D eigenvalue weighted by Crippen LogP contribution is 2.43. The van der Waals surface area contributed by atoms with Gasteiger partial charge in [0.1, 0.15) is 5.71 Å². The first kappa shape index (κ1) is 22.4. The Kier molecular flexibility index (Phi) is 7.07. The zero-order valence-electron chi connectivity index (χ0n) is 17.3. The minimum Gasteiger partial charge on any atom is -0.284 e. The van der Waals surface area contributed by atoms with Gasteiger partial charge in [-0.1, -0.05) is 60.3 Å². The summed E-state index contributed by atoms with van der Waals surface area (Å²) in [6, 6.07) is 12.8. The number of piperidine rings is 1. The van der Waals surface area contributed by atoms with Crippen LogP contribution in [0.25, 0.3) is 0 Å².